The monoisotopic (exact) mass is 695 g/mol. The van der Waals surface area contributed by atoms with Gasteiger partial charge in [0.25, 0.3) is 5.91 Å². The van der Waals surface area contributed by atoms with E-state index in [1.807, 2.05) is 6.92 Å². The molecule has 0 saturated carbocycles. The van der Waals surface area contributed by atoms with Gasteiger partial charge in [-0.2, -0.15) is 13.2 Å². The van der Waals surface area contributed by atoms with Crippen LogP contribution in [0.2, 0.25) is 5.02 Å². The van der Waals surface area contributed by atoms with Crippen molar-refractivity contribution in [3.05, 3.63) is 82.4 Å². The highest BCUT2D eigenvalue weighted by molar-refractivity contribution is 7.99. The van der Waals surface area contributed by atoms with E-state index >= 15 is 0 Å². The molecular weight excluding hydrogens is 666 g/mol. The Balaban J connectivity index is 1.55. The maximum Gasteiger partial charge on any atom is 0.416 e. The Morgan fingerprint density at radius 1 is 0.915 bits per heavy atom. The van der Waals surface area contributed by atoms with Gasteiger partial charge >= 0.3 is 6.18 Å². The van der Waals surface area contributed by atoms with Crippen molar-refractivity contribution in [2.45, 2.75) is 38.6 Å². The molecule has 4 rings (SSSR count). The first-order valence-electron chi connectivity index (χ1n) is 14.3. The van der Waals surface area contributed by atoms with Crippen LogP contribution in [0.1, 0.15) is 42.5 Å². The highest BCUT2D eigenvalue weighted by Gasteiger charge is 2.31. The second-order valence-electron chi connectivity index (χ2n) is 9.52. The molecule has 0 aliphatic heterocycles. The second-order valence-corrected chi connectivity index (χ2v) is 10.9. The molecule has 0 unspecified atom stereocenters. The number of ether oxygens (including phenoxy) is 3. The number of rotatable bonds is 14. The van der Waals surface area contributed by atoms with E-state index < -0.39 is 29.4 Å². The second kappa shape index (κ2) is 15.9. The maximum absolute atomic E-state index is 13.8. The Bertz CT molecular complexity index is 1690. The van der Waals surface area contributed by atoms with E-state index in [4.69, 9.17) is 25.8 Å². The molecule has 0 spiro atoms. The molecule has 47 heavy (non-hydrogen) atoms. The van der Waals surface area contributed by atoms with Gasteiger partial charge in [-0.3, -0.25) is 14.2 Å². The summed E-state index contributed by atoms with van der Waals surface area (Å²) in [5.74, 6) is -0.633. The van der Waals surface area contributed by atoms with E-state index in [1.54, 1.807) is 13.8 Å². The van der Waals surface area contributed by atoms with Crippen LogP contribution in [0.5, 0.6) is 17.2 Å². The Morgan fingerprint density at radius 3 is 2.15 bits per heavy atom. The molecule has 0 radical (unpaired) electrons. The van der Waals surface area contributed by atoms with E-state index in [2.05, 4.69) is 20.8 Å². The zero-order chi connectivity index (χ0) is 34.1. The minimum Gasteiger partial charge on any atom is -0.490 e. The number of nitrogens with one attached hydrogen (secondary N) is 2. The van der Waals surface area contributed by atoms with Crippen LogP contribution >= 0.6 is 23.4 Å². The molecule has 0 aliphatic carbocycles. The molecule has 0 fully saturated rings. The number of halogens is 5. The van der Waals surface area contributed by atoms with Gasteiger partial charge in [-0.25, -0.2) is 4.39 Å². The Kier molecular flexibility index (Phi) is 11.9. The van der Waals surface area contributed by atoms with E-state index in [1.165, 1.54) is 41.0 Å². The standard InChI is InChI=1S/C31H30ClF4N5O5S/c1-4-44-24-13-18(14-25(45-5-2)28(24)46-6-3)29(43)37-16-26-39-40-30(41(26)21-10-8-20(33)9-11-21)47-17-27(42)38-23-15-19(31(34,35)36)7-12-22(23)32/h7-15H,4-6,16-17H2,1-3H3,(H,37,43)(H,38,42). The first kappa shape index (κ1) is 35.4. The zero-order valence-electron chi connectivity index (χ0n) is 25.4. The molecule has 0 saturated heterocycles. The first-order valence-corrected chi connectivity index (χ1v) is 15.7. The minimum absolute atomic E-state index is 0.0712. The molecule has 0 aliphatic rings. The molecule has 250 valence electrons. The smallest absolute Gasteiger partial charge is 0.416 e. The lowest BCUT2D eigenvalue weighted by Gasteiger charge is -2.17. The fourth-order valence-corrected chi connectivity index (χ4v) is 5.19. The number of carbonyl (C=O) groups excluding carboxylic acids is 2. The summed E-state index contributed by atoms with van der Waals surface area (Å²) in [6.07, 6.45) is -4.62. The van der Waals surface area contributed by atoms with Crippen molar-refractivity contribution in [3.8, 4) is 22.9 Å². The average Bonchev–Trinajstić information content (AvgIpc) is 3.44. The Morgan fingerprint density at radius 2 is 1.55 bits per heavy atom. The van der Waals surface area contributed by atoms with Gasteiger partial charge in [0, 0.05) is 11.3 Å². The normalized spacial score (nSPS) is 11.2. The summed E-state index contributed by atoms with van der Waals surface area (Å²) >= 11 is 6.92. The molecule has 2 amide bonds. The number of aromatic nitrogens is 3. The van der Waals surface area contributed by atoms with Gasteiger partial charge < -0.3 is 24.8 Å². The van der Waals surface area contributed by atoms with Crippen molar-refractivity contribution in [1.82, 2.24) is 20.1 Å². The molecule has 1 aromatic heterocycles. The van der Waals surface area contributed by atoms with Crippen LogP contribution in [-0.4, -0.2) is 52.2 Å². The topological polar surface area (TPSA) is 117 Å². The van der Waals surface area contributed by atoms with Gasteiger partial charge in [0.1, 0.15) is 5.82 Å². The van der Waals surface area contributed by atoms with Gasteiger partial charge in [0.2, 0.25) is 11.7 Å². The predicted octanol–water partition coefficient (Wildman–Crippen LogP) is 6.94. The summed E-state index contributed by atoms with van der Waals surface area (Å²) in [6.45, 7) is 6.28. The van der Waals surface area contributed by atoms with Crippen molar-refractivity contribution in [3.63, 3.8) is 0 Å². The largest absolute Gasteiger partial charge is 0.490 e. The fraction of sp³-hybridized carbons (Fsp3) is 0.290. The lowest BCUT2D eigenvalue weighted by molar-refractivity contribution is -0.137. The van der Waals surface area contributed by atoms with E-state index in [-0.39, 0.29) is 39.6 Å². The number of anilines is 1. The molecule has 3 aromatic carbocycles. The van der Waals surface area contributed by atoms with Crippen LogP contribution in [-0.2, 0) is 17.5 Å². The molecular formula is C31H30ClF4N5O5S. The lowest BCUT2D eigenvalue weighted by Crippen LogP contribution is -2.25. The van der Waals surface area contributed by atoms with Gasteiger partial charge in [-0.1, -0.05) is 23.4 Å². The van der Waals surface area contributed by atoms with Crippen LogP contribution in [0.25, 0.3) is 5.69 Å². The van der Waals surface area contributed by atoms with Crippen molar-refractivity contribution in [2.75, 3.05) is 30.9 Å². The number of hydrogen-bond acceptors (Lipinski definition) is 8. The maximum atomic E-state index is 13.8. The lowest BCUT2D eigenvalue weighted by atomic mass is 10.1. The third-order valence-corrected chi connectivity index (χ3v) is 7.52. The Labute approximate surface area is 276 Å². The van der Waals surface area contributed by atoms with Crippen molar-refractivity contribution in [2.24, 2.45) is 0 Å². The number of amides is 2. The highest BCUT2D eigenvalue weighted by atomic mass is 35.5. The van der Waals surface area contributed by atoms with Crippen molar-refractivity contribution < 1.29 is 41.4 Å². The number of carbonyl (C=O) groups is 2. The summed E-state index contributed by atoms with van der Waals surface area (Å²) in [5.41, 5.74) is -0.513. The average molecular weight is 696 g/mol. The van der Waals surface area contributed by atoms with E-state index in [0.717, 1.165) is 30.0 Å². The number of thioether (sulfide) groups is 1. The predicted molar refractivity (Wildman–Crippen MR) is 168 cm³/mol. The van der Waals surface area contributed by atoms with E-state index in [0.29, 0.717) is 42.8 Å². The van der Waals surface area contributed by atoms with Gasteiger partial charge in [0.05, 0.1) is 48.4 Å². The summed E-state index contributed by atoms with van der Waals surface area (Å²) in [7, 11) is 0. The number of hydrogen-bond donors (Lipinski definition) is 2. The van der Waals surface area contributed by atoms with Gasteiger partial charge in [-0.15, -0.1) is 10.2 Å². The van der Waals surface area contributed by atoms with Crippen LogP contribution < -0.4 is 24.8 Å². The summed E-state index contributed by atoms with van der Waals surface area (Å²) in [6, 6.07) is 11.0. The minimum atomic E-state index is -4.62. The SMILES string of the molecule is CCOc1cc(C(=O)NCc2nnc(SCC(=O)Nc3cc(C(F)(F)F)ccc3Cl)n2-c2ccc(F)cc2)cc(OCC)c1OCC. The van der Waals surface area contributed by atoms with Crippen molar-refractivity contribution in [1.29, 1.82) is 0 Å². The third-order valence-electron chi connectivity index (χ3n) is 6.26. The van der Waals surface area contributed by atoms with Crippen LogP contribution in [0.3, 0.4) is 0 Å². The number of benzene rings is 3. The zero-order valence-corrected chi connectivity index (χ0v) is 27.0. The molecule has 2 N–H and O–H groups in total. The van der Waals surface area contributed by atoms with Gasteiger partial charge in [-0.05, 0) is 75.4 Å². The summed E-state index contributed by atoms with van der Waals surface area (Å²) in [4.78, 5) is 26.0. The summed E-state index contributed by atoms with van der Waals surface area (Å²) < 4.78 is 71.8. The van der Waals surface area contributed by atoms with Crippen molar-refractivity contribution >= 4 is 40.9 Å². The number of nitrogens with zero attached hydrogens (tertiary/aromatic N) is 3. The van der Waals surface area contributed by atoms with Crippen LogP contribution in [0.15, 0.2) is 59.8 Å². The van der Waals surface area contributed by atoms with Gasteiger partial charge in [0.15, 0.2) is 22.5 Å². The Hall–Kier alpha value is -4.50. The number of alkyl halides is 3. The molecule has 10 nitrogen and oxygen atoms in total. The molecule has 0 atom stereocenters. The molecule has 0 bridgehead atoms. The first-order chi connectivity index (χ1) is 22.4. The molecule has 16 heteroatoms. The molecule has 4 aromatic rings. The molecule has 1 heterocycles. The summed E-state index contributed by atoms with van der Waals surface area (Å²) in [5, 5.41) is 13.6. The highest BCUT2D eigenvalue weighted by Crippen LogP contribution is 2.39. The fourth-order valence-electron chi connectivity index (χ4n) is 4.25. The quantitative estimate of drug-likeness (QED) is 0.108. The third kappa shape index (κ3) is 9.07. The van der Waals surface area contributed by atoms with E-state index in [9.17, 15) is 27.2 Å². The van der Waals surface area contributed by atoms with Crippen LogP contribution in [0.4, 0.5) is 23.2 Å². The van der Waals surface area contributed by atoms with Crippen LogP contribution in [0, 0.1) is 5.82 Å².